The number of nitrogens with zero attached hydrogens (tertiary/aromatic N) is 2. The van der Waals surface area contributed by atoms with Gasteiger partial charge in [0.2, 0.25) is 0 Å². The molecule has 2 heterocycles. The van der Waals surface area contributed by atoms with Crippen molar-refractivity contribution >= 4 is 0 Å². The largest absolute Gasteiger partial charge is 0.252 e. The third-order valence-corrected chi connectivity index (χ3v) is 7.31. The lowest BCUT2D eigenvalue weighted by atomic mass is 9.84. The molecule has 0 amide bonds. The zero-order valence-electron chi connectivity index (χ0n) is 22.3. The summed E-state index contributed by atoms with van der Waals surface area (Å²) >= 11 is 0. The van der Waals surface area contributed by atoms with E-state index in [0.29, 0.717) is 0 Å². The zero-order valence-corrected chi connectivity index (χ0v) is 22.3. The molecule has 0 aliphatic rings. The molecule has 0 N–H and O–H groups in total. The quantitative estimate of drug-likeness (QED) is 0.227. The Balaban J connectivity index is 1.33. The van der Waals surface area contributed by atoms with E-state index >= 15 is 0 Å². The first-order valence-electron chi connectivity index (χ1n) is 13.3. The van der Waals surface area contributed by atoms with Crippen LogP contribution in [0.15, 0.2) is 146 Å². The number of rotatable bonds is 6. The van der Waals surface area contributed by atoms with Crippen LogP contribution in [0, 0.1) is 0 Å². The van der Waals surface area contributed by atoms with Crippen molar-refractivity contribution in [1.82, 2.24) is 9.97 Å². The molecule has 0 saturated carbocycles. The van der Waals surface area contributed by atoms with Crippen molar-refractivity contribution in [1.29, 1.82) is 0 Å². The van der Waals surface area contributed by atoms with Crippen LogP contribution in [0.5, 0.6) is 0 Å². The van der Waals surface area contributed by atoms with Crippen molar-refractivity contribution in [2.75, 3.05) is 0 Å². The Hall–Kier alpha value is -4.82. The van der Waals surface area contributed by atoms with E-state index < -0.39 is 0 Å². The summed E-state index contributed by atoms with van der Waals surface area (Å²) in [5, 5.41) is 0. The van der Waals surface area contributed by atoms with Gasteiger partial charge < -0.3 is 0 Å². The van der Waals surface area contributed by atoms with Gasteiger partial charge in [0.25, 0.3) is 0 Å². The van der Waals surface area contributed by atoms with E-state index in [2.05, 4.69) is 147 Å². The molecule has 0 aliphatic heterocycles. The second-order valence-electron chi connectivity index (χ2n) is 10.3. The van der Waals surface area contributed by atoms with Crippen LogP contribution in [0.3, 0.4) is 0 Å². The molecule has 0 bridgehead atoms. The molecular formula is C37H30N2. The van der Waals surface area contributed by atoms with Crippen molar-refractivity contribution in [3.63, 3.8) is 0 Å². The van der Waals surface area contributed by atoms with Gasteiger partial charge in [0, 0.05) is 16.5 Å². The molecule has 0 aliphatic carbocycles. The van der Waals surface area contributed by atoms with Crippen LogP contribution in [0.4, 0.5) is 0 Å². The second kappa shape index (κ2) is 10.5. The lowest BCUT2D eigenvalue weighted by Crippen LogP contribution is -2.22. The molecule has 6 rings (SSSR count). The monoisotopic (exact) mass is 502 g/mol. The fourth-order valence-electron chi connectivity index (χ4n) is 5.00. The topological polar surface area (TPSA) is 25.8 Å². The Morgan fingerprint density at radius 2 is 0.718 bits per heavy atom. The summed E-state index contributed by atoms with van der Waals surface area (Å²) in [6.45, 7) is 4.40. The molecule has 0 unspecified atom stereocenters. The first kappa shape index (κ1) is 24.5. The number of aromatic nitrogens is 2. The van der Waals surface area contributed by atoms with Crippen LogP contribution >= 0.6 is 0 Å². The van der Waals surface area contributed by atoms with Crippen LogP contribution < -0.4 is 0 Å². The van der Waals surface area contributed by atoms with Gasteiger partial charge in [0.1, 0.15) is 0 Å². The summed E-state index contributed by atoms with van der Waals surface area (Å²) in [5.74, 6) is 0. The van der Waals surface area contributed by atoms with Crippen LogP contribution in [0.1, 0.15) is 25.2 Å². The Labute approximate surface area is 230 Å². The van der Waals surface area contributed by atoms with E-state index in [4.69, 9.17) is 9.97 Å². The Kier molecular flexibility index (Phi) is 6.61. The van der Waals surface area contributed by atoms with E-state index in [0.717, 1.165) is 33.9 Å². The first-order valence-corrected chi connectivity index (χ1v) is 13.3. The number of hydrogen-bond acceptors (Lipinski definition) is 2. The molecule has 0 saturated heterocycles. The minimum atomic E-state index is -0.375. The van der Waals surface area contributed by atoms with E-state index in [1.807, 2.05) is 12.1 Å². The highest BCUT2D eigenvalue weighted by Crippen LogP contribution is 2.33. The fraction of sp³-hybridized carbons (Fsp3) is 0.0811. The van der Waals surface area contributed by atoms with Crippen LogP contribution in [0.2, 0.25) is 0 Å². The number of pyridine rings is 2. The van der Waals surface area contributed by atoms with Gasteiger partial charge in [0.05, 0.1) is 22.8 Å². The molecule has 188 valence electrons. The van der Waals surface area contributed by atoms with Crippen molar-refractivity contribution in [2.45, 2.75) is 19.3 Å². The third kappa shape index (κ3) is 5.15. The van der Waals surface area contributed by atoms with E-state index in [1.165, 1.54) is 22.3 Å². The zero-order chi connectivity index (χ0) is 26.7. The summed E-state index contributed by atoms with van der Waals surface area (Å²) < 4.78 is 0. The van der Waals surface area contributed by atoms with Crippen LogP contribution in [-0.2, 0) is 5.41 Å². The van der Waals surface area contributed by atoms with Crippen molar-refractivity contribution in [3.05, 3.63) is 157 Å². The Morgan fingerprint density at radius 1 is 0.359 bits per heavy atom. The lowest BCUT2D eigenvalue weighted by molar-refractivity contribution is 0.597. The molecule has 2 aromatic heterocycles. The summed E-state index contributed by atoms with van der Waals surface area (Å²) in [5.41, 5.74) is 10.5. The Bertz CT molecular complexity index is 1590. The molecule has 0 radical (unpaired) electrons. The van der Waals surface area contributed by atoms with Crippen molar-refractivity contribution in [2.24, 2.45) is 0 Å². The molecule has 6 aromatic rings. The van der Waals surface area contributed by atoms with E-state index in [9.17, 15) is 0 Å². The van der Waals surface area contributed by atoms with Crippen molar-refractivity contribution < 1.29 is 0 Å². The average molecular weight is 503 g/mol. The van der Waals surface area contributed by atoms with E-state index in [1.54, 1.807) is 0 Å². The van der Waals surface area contributed by atoms with Crippen LogP contribution in [-0.4, -0.2) is 9.97 Å². The van der Waals surface area contributed by atoms with Gasteiger partial charge in [-0.25, -0.2) is 0 Å². The minimum Gasteiger partial charge on any atom is -0.252 e. The fourth-order valence-corrected chi connectivity index (χ4v) is 5.00. The summed E-state index contributed by atoms with van der Waals surface area (Å²) in [6.07, 6.45) is 0. The SMILES string of the molecule is CC(C)(c1cccc(-c2cccc(-c3ccccc3)c2)n1)c1cccc(-c2cccc(-c3ccccc3)c2)n1. The standard InChI is InChI=1S/C37H30N2/c1-37(2,35-23-11-21-33(38-35)31-19-9-17-29(25-31)27-13-5-3-6-14-27)36-24-12-22-34(39-36)32-20-10-18-30(26-32)28-15-7-4-8-16-28/h3-26H,1-2H3. The van der Waals surface area contributed by atoms with Gasteiger partial charge in [0.15, 0.2) is 0 Å². The maximum atomic E-state index is 5.14. The molecule has 2 heteroatoms. The molecule has 4 aromatic carbocycles. The predicted molar refractivity (Wildman–Crippen MR) is 162 cm³/mol. The summed E-state index contributed by atoms with van der Waals surface area (Å²) in [6, 6.07) is 50.7. The normalized spacial score (nSPS) is 11.3. The lowest BCUT2D eigenvalue weighted by Gasteiger charge is -2.25. The third-order valence-electron chi connectivity index (χ3n) is 7.31. The van der Waals surface area contributed by atoms with Gasteiger partial charge >= 0.3 is 0 Å². The molecule has 0 spiro atoms. The maximum absolute atomic E-state index is 5.14. The molecular weight excluding hydrogens is 472 g/mol. The van der Waals surface area contributed by atoms with Crippen molar-refractivity contribution in [3.8, 4) is 44.8 Å². The van der Waals surface area contributed by atoms with Gasteiger partial charge in [-0.1, -0.05) is 109 Å². The number of benzene rings is 4. The first-order chi connectivity index (χ1) is 19.1. The highest BCUT2D eigenvalue weighted by molar-refractivity contribution is 5.72. The van der Waals surface area contributed by atoms with Crippen LogP contribution in [0.25, 0.3) is 44.8 Å². The van der Waals surface area contributed by atoms with Gasteiger partial charge in [-0.15, -0.1) is 0 Å². The van der Waals surface area contributed by atoms with Gasteiger partial charge in [-0.3, -0.25) is 9.97 Å². The highest BCUT2D eigenvalue weighted by Gasteiger charge is 2.27. The summed E-state index contributed by atoms with van der Waals surface area (Å²) in [4.78, 5) is 10.3. The summed E-state index contributed by atoms with van der Waals surface area (Å²) in [7, 11) is 0. The average Bonchev–Trinajstić information content (AvgIpc) is 3.02. The Morgan fingerprint density at radius 3 is 1.15 bits per heavy atom. The molecule has 2 nitrogen and oxygen atoms in total. The van der Waals surface area contributed by atoms with Gasteiger partial charge in [-0.2, -0.15) is 0 Å². The minimum absolute atomic E-state index is 0.375. The highest BCUT2D eigenvalue weighted by atomic mass is 14.8. The van der Waals surface area contributed by atoms with Gasteiger partial charge in [-0.05, 0) is 72.5 Å². The molecule has 0 atom stereocenters. The predicted octanol–water partition coefficient (Wildman–Crippen LogP) is 9.47. The number of hydrogen-bond donors (Lipinski definition) is 0. The molecule has 0 fully saturated rings. The van der Waals surface area contributed by atoms with E-state index in [-0.39, 0.29) is 5.41 Å². The smallest absolute Gasteiger partial charge is 0.0705 e. The molecule has 39 heavy (non-hydrogen) atoms. The maximum Gasteiger partial charge on any atom is 0.0705 e. The second-order valence-corrected chi connectivity index (χ2v) is 10.3.